The first-order chi connectivity index (χ1) is 15.3. The first-order valence-corrected chi connectivity index (χ1v) is 11.6. The molecule has 3 heteroatoms. The molecule has 0 unspecified atom stereocenters. The molecule has 5 atom stereocenters. The van der Waals surface area contributed by atoms with Crippen LogP contribution < -0.4 is 10.6 Å². The summed E-state index contributed by atoms with van der Waals surface area (Å²) in [6, 6.07) is 27.6. The average molecular weight is 409 g/mol. The number of hydrogen-bond acceptors (Lipinski definition) is 2. The average Bonchev–Trinajstić information content (AvgIpc) is 3.46. The Morgan fingerprint density at radius 3 is 2.45 bits per heavy atom. The van der Waals surface area contributed by atoms with Crippen molar-refractivity contribution >= 4 is 11.6 Å². The van der Waals surface area contributed by atoms with Gasteiger partial charge in [-0.2, -0.15) is 0 Å². The zero-order valence-corrected chi connectivity index (χ0v) is 17.6. The second-order valence-corrected chi connectivity index (χ2v) is 9.44. The summed E-state index contributed by atoms with van der Waals surface area (Å²) in [6.45, 7) is 0.557. The lowest BCUT2D eigenvalue weighted by Gasteiger charge is -2.43. The molecule has 2 saturated carbocycles. The summed E-state index contributed by atoms with van der Waals surface area (Å²) in [6.07, 6.45) is 4.02. The number of rotatable bonds is 4. The van der Waals surface area contributed by atoms with Gasteiger partial charge in [-0.05, 0) is 77.8 Å². The topological polar surface area (TPSA) is 41.1 Å². The van der Waals surface area contributed by atoms with Crippen LogP contribution in [-0.2, 0) is 6.54 Å². The van der Waals surface area contributed by atoms with Gasteiger partial charge in [0.15, 0.2) is 0 Å². The van der Waals surface area contributed by atoms with Gasteiger partial charge >= 0.3 is 0 Å². The molecule has 3 aromatic carbocycles. The highest BCUT2D eigenvalue weighted by Crippen LogP contribution is 2.63. The van der Waals surface area contributed by atoms with E-state index in [4.69, 9.17) is 0 Å². The van der Waals surface area contributed by atoms with E-state index in [-0.39, 0.29) is 5.91 Å². The quantitative estimate of drug-likeness (QED) is 0.563. The van der Waals surface area contributed by atoms with Crippen LogP contribution in [-0.4, -0.2) is 5.91 Å². The molecule has 0 radical (unpaired) electrons. The summed E-state index contributed by atoms with van der Waals surface area (Å²) in [5.74, 6) is 2.73. The number of benzene rings is 3. The first kappa shape index (κ1) is 18.7. The predicted molar refractivity (Wildman–Crippen MR) is 124 cm³/mol. The van der Waals surface area contributed by atoms with E-state index in [2.05, 4.69) is 53.1 Å². The van der Waals surface area contributed by atoms with Crippen LogP contribution in [0.3, 0.4) is 0 Å². The molecule has 156 valence electrons. The maximum atomic E-state index is 12.9. The third kappa shape index (κ3) is 3.23. The molecule has 1 amide bonds. The molecule has 2 bridgehead atoms. The van der Waals surface area contributed by atoms with E-state index < -0.39 is 0 Å². The summed E-state index contributed by atoms with van der Waals surface area (Å²) in [5.41, 5.74) is 5.85. The third-order valence-corrected chi connectivity index (χ3v) is 7.80. The van der Waals surface area contributed by atoms with Crippen molar-refractivity contribution in [1.29, 1.82) is 0 Å². The van der Waals surface area contributed by atoms with Gasteiger partial charge in [0.2, 0.25) is 0 Å². The highest BCUT2D eigenvalue weighted by atomic mass is 16.1. The van der Waals surface area contributed by atoms with Crippen molar-refractivity contribution in [2.45, 2.75) is 37.8 Å². The van der Waals surface area contributed by atoms with Crippen LogP contribution in [0.15, 0.2) is 78.9 Å². The molecular formula is C28H28N2O. The second kappa shape index (κ2) is 7.56. The number of carbonyl (C=O) groups excluding carboxylic acids is 1. The van der Waals surface area contributed by atoms with E-state index in [0.29, 0.717) is 24.4 Å². The van der Waals surface area contributed by atoms with E-state index in [1.807, 2.05) is 36.4 Å². The smallest absolute Gasteiger partial charge is 0.251 e. The Morgan fingerprint density at radius 2 is 1.65 bits per heavy atom. The van der Waals surface area contributed by atoms with Gasteiger partial charge in [-0.15, -0.1) is 0 Å². The molecule has 3 nitrogen and oxygen atoms in total. The Kier molecular flexibility index (Phi) is 4.56. The highest BCUT2D eigenvalue weighted by Gasteiger charge is 2.53. The van der Waals surface area contributed by atoms with Crippen molar-refractivity contribution < 1.29 is 4.79 Å². The number of hydrogen-bond donors (Lipinski definition) is 2. The largest absolute Gasteiger partial charge is 0.378 e. The van der Waals surface area contributed by atoms with Gasteiger partial charge in [0.1, 0.15) is 0 Å². The van der Waals surface area contributed by atoms with Crippen molar-refractivity contribution in [3.05, 3.63) is 101 Å². The van der Waals surface area contributed by atoms with Crippen LogP contribution in [0.2, 0.25) is 0 Å². The van der Waals surface area contributed by atoms with Gasteiger partial charge in [0.25, 0.3) is 5.91 Å². The van der Waals surface area contributed by atoms with Gasteiger partial charge in [-0.1, -0.05) is 60.7 Å². The second-order valence-electron chi connectivity index (χ2n) is 9.44. The number of fused-ring (bicyclic) bond motifs is 7. The van der Waals surface area contributed by atoms with E-state index in [0.717, 1.165) is 23.0 Å². The first-order valence-electron chi connectivity index (χ1n) is 11.6. The van der Waals surface area contributed by atoms with Crippen LogP contribution in [0, 0.1) is 17.8 Å². The maximum absolute atomic E-state index is 12.9. The van der Waals surface area contributed by atoms with Crippen LogP contribution in [0.5, 0.6) is 0 Å². The zero-order valence-electron chi connectivity index (χ0n) is 17.6. The number of anilines is 1. The molecule has 6 rings (SSSR count). The van der Waals surface area contributed by atoms with Crippen molar-refractivity contribution in [3.8, 4) is 0 Å². The van der Waals surface area contributed by atoms with Gasteiger partial charge in [-0.25, -0.2) is 0 Å². The SMILES string of the molecule is O=C(NCc1ccccc1)c1ccc2c(c1)[C@@H]1[C@H]3CC[C@@H](C3)[C@@H]1[C@H](c1ccccc1)N2. The molecule has 2 fully saturated rings. The van der Waals surface area contributed by atoms with E-state index >= 15 is 0 Å². The summed E-state index contributed by atoms with van der Waals surface area (Å²) in [4.78, 5) is 12.9. The normalized spacial score (nSPS) is 27.8. The van der Waals surface area contributed by atoms with Crippen molar-refractivity contribution in [2.24, 2.45) is 17.8 Å². The molecule has 2 aliphatic carbocycles. The summed E-state index contributed by atoms with van der Waals surface area (Å²) in [5, 5.41) is 6.95. The number of nitrogens with one attached hydrogen (secondary N) is 2. The molecule has 1 heterocycles. The lowest BCUT2D eigenvalue weighted by Crippen LogP contribution is -2.35. The number of carbonyl (C=O) groups is 1. The van der Waals surface area contributed by atoms with Crippen molar-refractivity contribution in [3.63, 3.8) is 0 Å². The van der Waals surface area contributed by atoms with Gasteiger partial charge in [0.05, 0.1) is 6.04 Å². The zero-order chi connectivity index (χ0) is 20.8. The van der Waals surface area contributed by atoms with Crippen LogP contribution in [0.25, 0.3) is 0 Å². The van der Waals surface area contributed by atoms with Crippen LogP contribution in [0.1, 0.15) is 58.3 Å². The Morgan fingerprint density at radius 1 is 0.903 bits per heavy atom. The number of amides is 1. The van der Waals surface area contributed by atoms with Gasteiger partial charge in [0, 0.05) is 17.8 Å². The molecule has 0 saturated heterocycles. The minimum Gasteiger partial charge on any atom is -0.378 e. The maximum Gasteiger partial charge on any atom is 0.251 e. The van der Waals surface area contributed by atoms with Gasteiger partial charge < -0.3 is 10.6 Å². The summed E-state index contributed by atoms with van der Waals surface area (Å²) >= 11 is 0. The van der Waals surface area contributed by atoms with Crippen molar-refractivity contribution in [1.82, 2.24) is 5.32 Å². The van der Waals surface area contributed by atoms with E-state index in [9.17, 15) is 4.79 Å². The molecule has 31 heavy (non-hydrogen) atoms. The molecule has 2 N–H and O–H groups in total. The fraction of sp³-hybridized carbons (Fsp3) is 0.321. The lowest BCUT2D eigenvalue weighted by molar-refractivity contribution is 0.0950. The van der Waals surface area contributed by atoms with E-state index in [1.165, 1.54) is 36.1 Å². The minimum absolute atomic E-state index is 0.0107. The standard InChI is InChI=1S/C28H28N2O/c31-28(29-17-18-7-3-1-4-8-18)22-13-14-24-23(16-22)25-20-11-12-21(15-20)26(25)27(30-24)19-9-5-2-6-10-19/h1-10,13-14,16,20-21,25-27,30H,11-12,15,17H2,(H,29,31)/t20-,21-,25-,26-,27-/m0/s1. The van der Waals surface area contributed by atoms with Crippen LogP contribution >= 0.6 is 0 Å². The highest BCUT2D eigenvalue weighted by molar-refractivity contribution is 5.95. The lowest BCUT2D eigenvalue weighted by atomic mass is 9.68. The Hall–Kier alpha value is -3.07. The van der Waals surface area contributed by atoms with Crippen molar-refractivity contribution in [2.75, 3.05) is 5.32 Å². The molecule has 3 aliphatic rings. The third-order valence-electron chi connectivity index (χ3n) is 7.80. The summed E-state index contributed by atoms with van der Waals surface area (Å²) in [7, 11) is 0. The molecular weight excluding hydrogens is 380 g/mol. The van der Waals surface area contributed by atoms with Crippen LogP contribution in [0.4, 0.5) is 5.69 Å². The summed E-state index contributed by atoms with van der Waals surface area (Å²) < 4.78 is 0. The molecule has 0 spiro atoms. The Bertz CT molecular complexity index is 1090. The minimum atomic E-state index is 0.0107. The monoisotopic (exact) mass is 408 g/mol. The molecule has 3 aromatic rings. The Balaban J connectivity index is 1.30. The molecule has 0 aromatic heterocycles. The fourth-order valence-electron chi connectivity index (χ4n) is 6.50. The molecule has 1 aliphatic heterocycles. The van der Waals surface area contributed by atoms with Gasteiger partial charge in [-0.3, -0.25) is 4.79 Å². The Labute approximate surface area is 183 Å². The van der Waals surface area contributed by atoms with E-state index in [1.54, 1.807) is 0 Å². The predicted octanol–water partition coefficient (Wildman–Crippen LogP) is 5.91. The fourth-order valence-corrected chi connectivity index (χ4v) is 6.50.